The largest absolute Gasteiger partial charge is 0.438 e. The van der Waals surface area contributed by atoms with Gasteiger partial charge in [-0.3, -0.25) is 9.32 Å². The topological polar surface area (TPSA) is 104 Å². The van der Waals surface area contributed by atoms with Crippen LogP contribution in [-0.4, -0.2) is 21.8 Å². The monoisotopic (exact) mass is 407 g/mol. The molecule has 8 heteroatoms. The fourth-order valence-corrected chi connectivity index (χ4v) is 4.29. The average molecular weight is 407 g/mol. The van der Waals surface area contributed by atoms with Gasteiger partial charge in [0, 0.05) is 17.8 Å². The Morgan fingerprint density at radius 3 is 2.83 bits per heavy atom. The zero-order valence-electron chi connectivity index (χ0n) is 15.7. The number of thioether (sulfide) groups is 1. The second kappa shape index (κ2) is 8.45. The van der Waals surface area contributed by atoms with E-state index in [0.29, 0.717) is 16.3 Å². The van der Waals surface area contributed by atoms with Crippen molar-refractivity contribution in [3.63, 3.8) is 0 Å². The van der Waals surface area contributed by atoms with Crippen molar-refractivity contribution >= 4 is 17.5 Å². The molecule has 146 valence electrons. The van der Waals surface area contributed by atoms with Crippen LogP contribution in [0.2, 0.25) is 0 Å². The molecule has 2 aromatic heterocycles. The number of carbonyl (C=O) groups is 1. The van der Waals surface area contributed by atoms with Crippen molar-refractivity contribution in [3.8, 4) is 11.8 Å². The van der Waals surface area contributed by atoms with E-state index in [9.17, 15) is 14.9 Å². The lowest BCUT2D eigenvalue weighted by atomic mass is 10.1. The number of hydrogen-bond donors (Lipinski definition) is 1. The molecule has 0 saturated heterocycles. The molecule has 4 rings (SSSR count). The third-order valence-electron chi connectivity index (χ3n) is 4.90. The second-order valence-electron chi connectivity index (χ2n) is 6.83. The van der Waals surface area contributed by atoms with Crippen LogP contribution in [0.4, 0.5) is 0 Å². The first kappa shape index (κ1) is 19.2. The molecule has 1 aliphatic rings. The lowest BCUT2D eigenvalue weighted by Gasteiger charge is -2.09. The molecule has 3 aromatic rings. The van der Waals surface area contributed by atoms with Crippen molar-refractivity contribution in [2.75, 3.05) is 5.75 Å². The normalized spacial score (nSPS) is 13.3. The molecule has 0 amide bonds. The van der Waals surface area contributed by atoms with E-state index in [4.69, 9.17) is 4.52 Å². The minimum atomic E-state index is -0.727. The van der Waals surface area contributed by atoms with E-state index in [1.54, 1.807) is 24.3 Å². The molecule has 0 aliphatic heterocycles. The van der Waals surface area contributed by atoms with Gasteiger partial charge in [-0.25, -0.2) is 9.78 Å². The van der Waals surface area contributed by atoms with Gasteiger partial charge in [-0.15, -0.1) is 0 Å². The van der Waals surface area contributed by atoms with Crippen molar-refractivity contribution in [3.05, 3.63) is 69.3 Å². The smallest absolute Gasteiger partial charge is 0.286 e. The number of pyridine rings is 1. The van der Waals surface area contributed by atoms with Crippen molar-refractivity contribution < 1.29 is 14.0 Å². The summed E-state index contributed by atoms with van der Waals surface area (Å²) < 4.78 is 6.17. The van der Waals surface area contributed by atoms with Crippen LogP contribution in [0.3, 0.4) is 0 Å². The molecule has 0 fully saturated rings. The summed E-state index contributed by atoms with van der Waals surface area (Å²) in [6.07, 6.45) is 5.16. The van der Waals surface area contributed by atoms with E-state index >= 15 is 0 Å². The maximum atomic E-state index is 12.8. The lowest BCUT2D eigenvalue weighted by Crippen LogP contribution is -2.41. The van der Waals surface area contributed by atoms with Crippen molar-refractivity contribution in [1.29, 1.82) is 5.26 Å². The summed E-state index contributed by atoms with van der Waals surface area (Å²) in [5.74, 6) is -0.412. The zero-order valence-corrected chi connectivity index (χ0v) is 16.5. The molecule has 1 N–H and O–H groups in total. The number of Topliss-reactive ketones (excluding diaryl/α,β-unsaturated/α-hetero) is 1. The molecule has 29 heavy (non-hydrogen) atoms. The first-order valence-electron chi connectivity index (χ1n) is 9.45. The first-order valence-corrected chi connectivity index (χ1v) is 10.4. The second-order valence-corrected chi connectivity index (χ2v) is 7.80. The molecular weight excluding hydrogens is 388 g/mol. The molecule has 1 aromatic carbocycles. The van der Waals surface area contributed by atoms with Gasteiger partial charge in [0.05, 0.1) is 11.3 Å². The minimum Gasteiger partial charge on any atom is -0.286 e. The van der Waals surface area contributed by atoms with E-state index in [1.807, 2.05) is 12.1 Å². The Hall–Kier alpha value is -3.18. The van der Waals surface area contributed by atoms with E-state index in [0.717, 1.165) is 43.4 Å². The van der Waals surface area contributed by atoms with Crippen molar-refractivity contribution in [1.82, 2.24) is 10.3 Å². The summed E-state index contributed by atoms with van der Waals surface area (Å²) in [5.41, 5.74) is 2.42. The Morgan fingerprint density at radius 1 is 1.24 bits per heavy atom. The molecule has 0 spiro atoms. The van der Waals surface area contributed by atoms with Gasteiger partial charge in [0.2, 0.25) is 11.5 Å². The number of carbonyl (C=O) groups excluding carboxylic acids is 1. The Bertz CT molecular complexity index is 1140. The molecular formula is C21H19N4O3S+. The number of nitriles is 1. The summed E-state index contributed by atoms with van der Waals surface area (Å²) in [4.78, 5) is 29.6. The number of aromatic amines is 1. The highest BCUT2D eigenvalue weighted by atomic mass is 32.2. The highest BCUT2D eigenvalue weighted by Gasteiger charge is 2.30. The average Bonchev–Trinajstić information content (AvgIpc) is 2.99. The van der Waals surface area contributed by atoms with Crippen molar-refractivity contribution in [2.45, 2.75) is 37.1 Å². The third-order valence-corrected chi connectivity index (χ3v) is 5.89. The summed E-state index contributed by atoms with van der Waals surface area (Å²) >= 11 is 1.18. The summed E-state index contributed by atoms with van der Waals surface area (Å²) in [5, 5.41) is 12.5. The SMILES string of the molecule is N#Cc1cc2c(nc1SCC(=O)c1c(=O)o[nH][n+]1-c1ccccc1)CCCCC2. The number of hydrogen-bond acceptors (Lipinski definition) is 6. The number of para-hydroxylation sites is 1. The molecule has 0 atom stereocenters. The van der Waals surface area contributed by atoms with Crippen LogP contribution in [0, 0.1) is 11.3 Å². The number of rotatable bonds is 5. The number of fused-ring (bicyclic) bond motifs is 1. The molecule has 2 heterocycles. The fourth-order valence-electron chi connectivity index (χ4n) is 3.45. The van der Waals surface area contributed by atoms with Gasteiger partial charge in [-0.05, 0) is 47.3 Å². The van der Waals surface area contributed by atoms with E-state index in [1.165, 1.54) is 16.4 Å². The summed E-state index contributed by atoms with van der Waals surface area (Å²) in [6, 6.07) is 13.0. The van der Waals surface area contributed by atoms with Gasteiger partial charge in [0.1, 0.15) is 11.1 Å². The maximum Gasteiger partial charge on any atom is 0.438 e. The first-order chi connectivity index (χ1) is 14.2. The highest BCUT2D eigenvalue weighted by Crippen LogP contribution is 2.27. The number of aryl methyl sites for hydroxylation is 2. The van der Waals surface area contributed by atoms with Crippen molar-refractivity contribution in [2.24, 2.45) is 0 Å². The lowest BCUT2D eigenvalue weighted by molar-refractivity contribution is -0.672. The van der Waals surface area contributed by atoms with Crippen LogP contribution < -0.4 is 10.3 Å². The quantitative estimate of drug-likeness (QED) is 0.302. The molecule has 0 radical (unpaired) electrons. The highest BCUT2D eigenvalue weighted by molar-refractivity contribution is 8.00. The summed E-state index contributed by atoms with van der Waals surface area (Å²) in [6.45, 7) is 0. The molecule has 1 aliphatic carbocycles. The maximum absolute atomic E-state index is 12.8. The van der Waals surface area contributed by atoms with Gasteiger partial charge in [-0.1, -0.05) is 36.4 Å². The zero-order chi connectivity index (χ0) is 20.2. The minimum absolute atomic E-state index is 0.0179. The van der Waals surface area contributed by atoms with Crippen LogP contribution in [0.25, 0.3) is 5.69 Å². The predicted molar refractivity (Wildman–Crippen MR) is 106 cm³/mol. The standard InChI is InChI=1S/C21H18N4O3S/c22-12-15-11-14-7-3-1-6-10-17(14)23-20(15)29-13-18(26)19-21(27)28-24-25(19)16-8-4-2-5-9-16/h2,4-5,8-9,11H,1,3,6-7,10,13H2/p+1. The van der Waals surface area contributed by atoms with E-state index < -0.39 is 11.4 Å². The Balaban J connectivity index is 1.59. The number of benzene rings is 1. The van der Waals surface area contributed by atoms with Crippen LogP contribution in [-0.2, 0) is 12.8 Å². The number of H-pyrrole nitrogens is 1. The number of nitrogens with zero attached hydrogens (tertiary/aromatic N) is 3. The fraction of sp³-hybridized carbons (Fsp3) is 0.286. The molecule has 7 nitrogen and oxygen atoms in total. The van der Waals surface area contributed by atoms with Crippen LogP contribution >= 0.6 is 11.8 Å². The molecule has 0 saturated carbocycles. The van der Waals surface area contributed by atoms with Crippen LogP contribution in [0.5, 0.6) is 0 Å². The van der Waals surface area contributed by atoms with E-state index in [2.05, 4.69) is 16.3 Å². The third kappa shape index (κ3) is 4.00. The number of aromatic nitrogens is 3. The summed E-state index contributed by atoms with van der Waals surface area (Å²) in [7, 11) is 0. The van der Waals surface area contributed by atoms with Crippen LogP contribution in [0.1, 0.15) is 46.6 Å². The van der Waals surface area contributed by atoms with Crippen LogP contribution in [0.15, 0.2) is 50.7 Å². The molecule has 0 unspecified atom stereocenters. The Morgan fingerprint density at radius 2 is 2.03 bits per heavy atom. The van der Waals surface area contributed by atoms with Gasteiger partial charge in [-0.2, -0.15) is 5.26 Å². The van der Waals surface area contributed by atoms with Gasteiger partial charge < -0.3 is 0 Å². The number of ketones is 1. The number of nitrogens with one attached hydrogen (secondary N) is 1. The Labute approximate surface area is 171 Å². The predicted octanol–water partition coefficient (Wildman–Crippen LogP) is 2.76. The van der Waals surface area contributed by atoms with E-state index in [-0.39, 0.29) is 11.4 Å². The Kier molecular flexibility index (Phi) is 5.58. The van der Waals surface area contributed by atoms with Gasteiger partial charge in [0.15, 0.2) is 0 Å². The van der Waals surface area contributed by atoms with Gasteiger partial charge in [0.25, 0.3) is 0 Å². The van der Waals surface area contributed by atoms with Gasteiger partial charge >= 0.3 is 11.3 Å². The molecule has 0 bridgehead atoms.